The molecule has 1 amide bonds. The highest BCUT2D eigenvalue weighted by atomic mass is 16.3. The van der Waals surface area contributed by atoms with Crippen molar-refractivity contribution in [3.8, 4) is 0 Å². The minimum atomic E-state index is -0.0686. The molecule has 0 aliphatic carbocycles. The lowest BCUT2D eigenvalue weighted by molar-refractivity contribution is 0.0777. The molecule has 0 fully saturated rings. The quantitative estimate of drug-likeness (QED) is 0.726. The molecule has 3 aromatic rings. The van der Waals surface area contributed by atoms with Crippen LogP contribution >= 0.6 is 0 Å². The second-order valence-corrected chi connectivity index (χ2v) is 5.18. The van der Waals surface area contributed by atoms with E-state index in [1.807, 2.05) is 37.3 Å². The number of nitrogens with zero attached hydrogens (tertiary/aromatic N) is 1. The van der Waals surface area contributed by atoms with Gasteiger partial charge in [0.2, 0.25) is 0 Å². The number of rotatable bonds is 3. The lowest BCUT2D eigenvalue weighted by Crippen LogP contribution is -2.25. The Hall–Kier alpha value is -2.69. The van der Waals surface area contributed by atoms with E-state index in [9.17, 15) is 4.79 Å². The Bertz CT molecular complexity index is 801. The van der Waals surface area contributed by atoms with E-state index in [1.165, 1.54) is 0 Å². The monoisotopic (exact) mass is 283 g/mol. The largest absolute Gasteiger partial charge is 0.464 e. The molecule has 0 atom stereocenters. The standard InChI is InChI=1S/C16H17N3O2/c1-10-3-5-12(21-10)9-19(2)16(20)14-8-18-15-6-4-11(17)7-13(14)15/h3-8,18H,9,17H2,1-2H3. The van der Waals surface area contributed by atoms with Crippen LogP contribution in [-0.4, -0.2) is 22.8 Å². The molecule has 3 rings (SSSR count). The van der Waals surface area contributed by atoms with Crippen molar-refractivity contribution in [1.82, 2.24) is 9.88 Å². The molecule has 108 valence electrons. The summed E-state index contributed by atoms with van der Waals surface area (Å²) in [5, 5.41) is 0.836. The van der Waals surface area contributed by atoms with Gasteiger partial charge in [-0.1, -0.05) is 0 Å². The number of aromatic nitrogens is 1. The van der Waals surface area contributed by atoms with Gasteiger partial charge in [-0.25, -0.2) is 0 Å². The number of amides is 1. The first-order chi connectivity index (χ1) is 10.0. The number of nitrogen functional groups attached to an aromatic ring is 1. The van der Waals surface area contributed by atoms with Crippen LogP contribution in [-0.2, 0) is 6.54 Å². The molecule has 3 N–H and O–H groups in total. The van der Waals surface area contributed by atoms with Gasteiger partial charge in [-0.3, -0.25) is 4.79 Å². The predicted octanol–water partition coefficient (Wildman–Crippen LogP) is 2.92. The lowest BCUT2D eigenvalue weighted by Gasteiger charge is -2.15. The number of H-pyrrole nitrogens is 1. The molecule has 5 nitrogen and oxygen atoms in total. The van der Waals surface area contributed by atoms with Crippen molar-refractivity contribution < 1.29 is 9.21 Å². The molecule has 5 heteroatoms. The lowest BCUT2D eigenvalue weighted by atomic mass is 10.1. The number of fused-ring (bicyclic) bond motifs is 1. The average molecular weight is 283 g/mol. The Kier molecular flexibility index (Phi) is 3.17. The van der Waals surface area contributed by atoms with E-state index < -0.39 is 0 Å². The number of carbonyl (C=O) groups excluding carboxylic acids is 1. The summed E-state index contributed by atoms with van der Waals surface area (Å²) in [6.07, 6.45) is 1.72. The minimum Gasteiger partial charge on any atom is -0.464 e. The number of anilines is 1. The fourth-order valence-corrected chi connectivity index (χ4v) is 2.40. The number of carbonyl (C=O) groups is 1. The van der Waals surface area contributed by atoms with Gasteiger partial charge in [0, 0.05) is 29.8 Å². The van der Waals surface area contributed by atoms with Crippen molar-refractivity contribution in [2.24, 2.45) is 0 Å². The molecule has 0 radical (unpaired) electrons. The van der Waals surface area contributed by atoms with Crippen molar-refractivity contribution in [2.45, 2.75) is 13.5 Å². The van der Waals surface area contributed by atoms with Crippen LogP contribution in [0.2, 0.25) is 0 Å². The van der Waals surface area contributed by atoms with E-state index in [0.717, 1.165) is 22.4 Å². The fraction of sp³-hybridized carbons (Fsp3) is 0.188. The third-order valence-electron chi connectivity index (χ3n) is 3.47. The van der Waals surface area contributed by atoms with Crippen molar-refractivity contribution in [3.63, 3.8) is 0 Å². The second-order valence-electron chi connectivity index (χ2n) is 5.18. The van der Waals surface area contributed by atoms with Gasteiger partial charge in [0.1, 0.15) is 11.5 Å². The second kappa shape index (κ2) is 5.01. The van der Waals surface area contributed by atoms with Crippen molar-refractivity contribution in [2.75, 3.05) is 12.8 Å². The molecule has 0 spiro atoms. The zero-order valence-electron chi connectivity index (χ0n) is 12.0. The van der Waals surface area contributed by atoms with E-state index in [2.05, 4.69) is 4.98 Å². The topological polar surface area (TPSA) is 75.3 Å². The molecule has 0 aliphatic rings. The summed E-state index contributed by atoms with van der Waals surface area (Å²) in [6.45, 7) is 2.31. The number of aryl methyl sites for hydroxylation is 1. The zero-order chi connectivity index (χ0) is 15.0. The van der Waals surface area contributed by atoms with Crippen LogP contribution in [0.4, 0.5) is 5.69 Å². The summed E-state index contributed by atoms with van der Waals surface area (Å²) < 4.78 is 5.51. The van der Waals surface area contributed by atoms with E-state index in [4.69, 9.17) is 10.2 Å². The first-order valence-corrected chi connectivity index (χ1v) is 6.72. The fourth-order valence-electron chi connectivity index (χ4n) is 2.40. The first-order valence-electron chi connectivity index (χ1n) is 6.72. The Labute approximate surface area is 122 Å². The van der Waals surface area contributed by atoms with Crippen LogP contribution in [0.3, 0.4) is 0 Å². The average Bonchev–Trinajstić information content (AvgIpc) is 3.04. The maximum atomic E-state index is 12.6. The van der Waals surface area contributed by atoms with Gasteiger partial charge in [-0.05, 0) is 37.3 Å². The smallest absolute Gasteiger partial charge is 0.256 e. The highest BCUT2D eigenvalue weighted by molar-refractivity contribution is 6.07. The molecule has 0 aliphatic heterocycles. The van der Waals surface area contributed by atoms with E-state index >= 15 is 0 Å². The number of furan rings is 1. The number of benzene rings is 1. The summed E-state index contributed by atoms with van der Waals surface area (Å²) in [6, 6.07) is 9.26. The van der Waals surface area contributed by atoms with Crippen LogP contribution < -0.4 is 5.73 Å². The molecule has 0 saturated carbocycles. The summed E-state index contributed by atoms with van der Waals surface area (Å²) in [5.74, 6) is 1.54. The van der Waals surface area contributed by atoms with E-state index in [-0.39, 0.29) is 5.91 Å². The van der Waals surface area contributed by atoms with Crippen LogP contribution in [0.25, 0.3) is 10.9 Å². The Morgan fingerprint density at radius 3 is 2.86 bits per heavy atom. The van der Waals surface area contributed by atoms with Crippen LogP contribution in [0.15, 0.2) is 40.9 Å². The van der Waals surface area contributed by atoms with Gasteiger partial charge in [0.15, 0.2) is 0 Å². The molecule has 2 heterocycles. The van der Waals surface area contributed by atoms with Crippen LogP contribution in [0, 0.1) is 6.92 Å². The summed E-state index contributed by atoms with van der Waals surface area (Å²) >= 11 is 0. The number of nitrogens with two attached hydrogens (primary N) is 1. The summed E-state index contributed by atoms with van der Waals surface area (Å²) in [4.78, 5) is 17.3. The highest BCUT2D eigenvalue weighted by Crippen LogP contribution is 2.22. The zero-order valence-corrected chi connectivity index (χ0v) is 12.0. The van der Waals surface area contributed by atoms with E-state index in [1.54, 1.807) is 18.1 Å². The number of hydrogen-bond donors (Lipinski definition) is 2. The third-order valence-corrected chi connectivity index (χ3v) is 3.47. The maximum absolute atomic E-state index is 12.6. The maximum Gasteiger partial charge on any atom is 0.256 e. The van der Waals surface area contributed by atoms with Crippen molar-refractivity contribution in [1.29, 1.82) is 0 Å². The molecule has 0 bridgehead atoms. The van der Waals surface area contributed by atoms with Gasteiger partial charge in [0.05, 0.1) is 12.1 Å². The normalized spacial score (nSPS) is 11.0. The van der Waals surface area contributed by atoms with Crippen LogP contribution in [0.1, 0.15) is 21.9 Å². The Morgan fingerprint density at radius 2 is 2.14 bits per heavy atom. The number of aromatic amines is 1. The summed E-state index contributed by atoms with van der Waals surface area (Å²) in [5.41, 5.74) is 7.95. The Balaban J connectivity index is 1.87. The number of hydrogen-bond acceptors (Lipinski definition) is 3. The Morgan fingerprint density at radius 1 is 1.33 bits per heavy atom. The number of nitrogens with one attached hydrogen (secondary N) is 1. The molecule has 0 saturated heterocycles. The third kappa shape index (κ3) is 2.50. The van der Waals surface area contributed by atoms with Gasteiger partial charge in [0.25, 0.3) is 5.91 Å². The summed E-state index contributed by atoms with van der Waals surface area (Å²) in [7, 11) is 1.76. The SMILES string of the molecule is Cc1ccc(CN(C)C(=O)c2c[nH]c3ccc(N)cc23)o1. The predicted molar refractivity (Wildman–Crippen MR) is 82.0 cm³/mol. The van der Waals surface area contributed by atoms with Gasteiger partial charge < -0.3 is 20.0 Å². The molecule has 1 aromatic carbocycles. The molecule has 2 aromatic heterocycles. The molecule has 21 heavy (non-hydrogen) atoms. The first kappa shape index (κ1) is 13.3. The molecular formula is C16H17N3O2. The van der Waals surface area contributed by atoms with Crippen molar-refractivity contribution >= 4 is 22.5 Å². The van der Waals surface area contributed by atoms with E-state index in [0.29, 0.717) is 17.8 Å². The van der Waals surface area contributed by atoms with Crippen LogP contribution in [0.5, 0.6) is 0 Å². The van der Waals surface area contributed by atoms with Gasteiger partial charge in [-0.15, -0.1) is 0 Å². The van der Waals surface area contributed by atoms with Gasteiger partial charge >= 0.3 is 0 Å². The van der Waals surface area contributed by atoms with Gasteiger partial charge in [-0.2, -0.15) is 0 Å². The molecular weight excluding hydrogens is 266 g/mol. The van der Waals surface area contributed by atoms with Crippen molar-refractivity contribution in [3.05, 3.63) is 53.6 Å². The highest BCUT2D eigenvalue weighted by Gasteiger charge is 2.17. The minimum absolute atomic E-state index is 0.0686. The molecule has 0 unspecified atom stereocenters.